The first-order chi connectivity index (χ1) is 13.6. The summed E-state index contributed by atoms with van der Waals surface area (Å²) in [6, 6.07) is 5.70. The zero-order valence-electron chi connectivity index (χ0n) is 14.8. The van der Waals surface area contributed by atoms with Gasteiger partial charge in [-0.1, -0.05) is 12.1 Å². The second-order valence-electron chi connectivity index (χ2n) is 6.00. The van der Waals surface area contributed by atoms with Crippen molar-refractivity contribution >= 4 is 22.2 Å². The second-order valence-corrected chi connectivity index (χ2v) is 7.19. The molecule has 0 atom stereocenters. The molecule has 0 bridgehead atoms. The Kier molecular flexibility index (Phi) is 5.39. The van der Waals surface area contributed by atoms with E-state index in [0.29, 0.717) is 10.9 Å². The number of nitrogens with zero attached hydrogens (tertiary/aromatic N) is 3. The SMILES string of the molecule is Cc1sc2nc(Cc3cccc(C(F)(F)F)c3F)cc(=O)n2c1C(=O)NCC#N. The second kappa shape index (κ2) is 7.63. The molecule has 0 spiro atoms. The monoisotopic (exact) mass is 424 g/mol. The van der Waals surface area contributed by atoms with Crippen LogP contribution in [-0.2, 0) is 12.6 Å². The van der Waals surface area contributed by atoms with Crippen molar-refractivity contribution in [1.82, 2.24) is 14.7 Å². The number of alkyl halides is 3. The van der Waals surface area contributed by atoms with Gasteiger partial charge >= 0.3 is 6.18 Å². The van der Waals surface area contributed by atoms with Crippen molar-refractivity contribution in [2.45, 2.75) is 19.5 Å². The van der Waals surface area contributed by atoms with E-state index in [4.69, 9.17) is 5.26 Å². The van der Waals surface area contributed by atoms with Crippen molar-refractivity contribution in [2.24, 2.45) is 0 Å². The van der Waals surface area contributed by atoms with E-state index in [2.05, 4.69) is 10.3 Å². The molecule has 1 amide bonds. The minimum absolute atomic E-state index is 0.0227. The summed E-state index contributed by atoms with van der Waals surface area (Å²) in [5.41, 5.74) is -2.19. The molecule has 2 heterocycles. The van der Waals surface area contributed by atoms with Crippen molar-refractivity contribution in [2.75, 3.05) is 6.54 Å². The minimum atomic E-state index is -4.84. The number of rotatable bonds is 4. The van der Waals surface area contributed by atoms with Gasteiger partial charge in [0.2, 0.25) is 0 Å². The van der Waals surface area contributed by atoms with Gasteiger partial charge < -0.3 is 5.32 Å². The van der Waals surface area contributed by atoms with E-state index in [9.17, 15) is 27.2 Å². The molecule has 11 heteroatoms. The molecule has 6 nitrogen and oxygen atoms in total. The van der Waals surface area contributed by atoms with Crippen LogP contribution in [0.2, 0.25) is 0 Å². The van der Waals surface area contributed by atoms with Crippen LogP contribution >= 0.6 is 11.3 Å². The average molecular weight is 424 g/mol. The third-order valence-electron chi connectivity index (χ3n) is 4.04. The average Bonchev–Trinajstić information content (AvgIpc) is 2.97. The number of nitriles is 1. The van der Waals surface area contributed by atoms with Gasteiger partial charge in [0.1, 0.15) is 18.1 Å². The Bertz CT molecular complexity index is 1210. The summed E-state index contributed by atoms with van der Waals surface area (Å²) >= 11 is 1.03. The summed E-state index contributed by atoms with van der Waals surface area (Å²) in [6.45, 7) is 1.34. The standard InChI is InChI=1S/C18H12F4N4O2S/c1-9-15(16(28)24-6-5-23)26-13(27)8-11(25-17(26)29-9)7-10-3-2-4-12(14(10)19)18(20,21)22/h2-4,8H,6-7H2,1H3,(H,24,28). The first-order valence-electron chi connectivity index (χ1n) is 8.15. The molecule has 1 N–H and O–H groups in total. The summed E-state index contributed by atoms with van der Waals surface area (Å²) in [6.07, 6.45) is -5.16. The number of halogens is 4. The third kappa shape index (κ3) is 3.97. The largest absolute Gasteiger partial charge is 0.419 e. The maximum absolute atomic E-state index is 14.3. The summed E-state index contributed by atoms with van der Waals surface area (Å²) in [4.78, 5) is 29.5. The van der Waals surface area contributed by atoms with E-state index in [-0.39, 0.29) is 34.9 Å². The van der Waals surface area contributed by atoms with Gasteiger partial charge in [0.15, 0.2) is 4.96 Å². The van der Waals surface area contributed by atoms with Crippen LogP contribution in [0.3, 0.4) is 0 Å². The summed E-state index contributed by atoms with van der Waals surface area (Å²) < 4.78 is 54.0. The molecule has 150 valence electrons. The maximum Gasteiger partial charge on any atom is 0.419 e. The van der Waals surface area contributed by atoms with E-state index in [1.165, 1.54) is 6.07 Å². The topological polar surface area (TPSA) is 87.3 Å². The molecule has 0 unspecified atom stereocenters. The molecular formula is C18H12F4N4O2S. The number of aryl methyl sites for hydroxylation is 1. The zero-order chi connectivity index (χ0) is 21.3. The highest BCUT2D eigenvalue weighted by atomic mass is 32.1. The molecule has 1 aromatic carbocycles. The number of carbonyl (C=O) groups is 1. The van der Waals surface area contributed by atoms with E-state index in [1.54, 1.807) is 13.0 Å². The van der Waals surface area contributed by atoms with Crippen LogP contribution in [0, 0.1) is 24.1 Å². The van der Waals surface area contributed by atoms with Gasteiger partial charge in [0.05, 0.1) is 17.3 Å². The van der Waals surface area contributed by atoms with E-state index < -0.39 is 29.0 Å². The van der Waals surface area contributed by atoms with Crippen molar-refractivity contribution in [3.8, 4) is 6.07 Å². The van der Waals surface area contributed by atoms with Crippen LogP contribution in [0.1, 0.15) is 32.2 Å². The molecule has 2 aromatic heterocycles. The summed E-state index contributed by atoms with van der Waals surface area (Å²) in [5, 5.41) is 10.9. The van der Waals surface area contributed by atoms with Gasteiger partial charge in [0.25, 0.3) is 11.5 Å². The van der Waals surface area contributed by atoms with Crippen LogP contribution < -0.4 is 10.9 Å². The molecule has 29 heavy (non-hydrogen) atoms. The van der Waals surface area contributed by atoms with Crippen molar-refractivity contribution in [3.63, 3.8) is 0 Å². The van der Waals surface area contributed by atoms with Gasteiger partial charge in [-0.2, -0.15) is 18.4 Å². The lowest BCUT2D eigenvalue weighted by molar-refractivity contribution is -0.140. The van der Waals surface area contributed by atoms with Gasteiger partial charge in [-0.3, -0.25) is 9.59 Å². The number of nitrogens with one attached hydrogen (secondary N) is 1. The van der Waals surface area contributed by atoms with Crippen LogP contribution in [0.4, 0.5) is 17.6 Å². The Labute approximate surface area is 165 Å². The number of hydrogen-bond donors (Lipinski definition) is 1. The number of hydrogen-bond acceptors (Lipinski definition) is 5. The third-order valence-corrected chi connectivity index (χ3v) is 5.00. The number of benzene rings is 1. The molecule has 0 aliphatic carbocycles. The highest BCUT2D eigenvalue weighted by Gasteiger charge is 2.34. The molecule has 0 saturated carbocycles. The molecule has 0 fully saturated rings. The fourth-order valence-electron chi connectivity index (χ4n) is 2.81. The van der Waals surface area contributed by atoms with Gasteiger partial charge in [-0.05, 0) is 18.6 Å². The van der Waals surface area contributed by atoms with Crippen LogP contribution in [0.5, 0.6) is 0 Å². The molecule has 0 aliphatic rings. The minimum Gasteiger partial charge on any atom is -0.338 e. The van der Waals surface area contributed by atoms with E-state index in [1.807, 2.05) is 0 Å². The molecule has 3 rings (SSSR count). The number of carbonyl (C=O) groups excluding carboxylic acids is 1. The molecule has 0 aliphatic heterocycles. The maximum atomic E-state index is 14.3. The van der Waals surface area contributed by atoms with Crippen molar-refractivity contribution in [3.05, 3.63) is 67.8 Å². The normalized spacial score (nSPS) is 11.4. The van der Waals surface area contributed by atoms with Gasteiger partial charge in [0, 0.05) is 17.4 Å². The van der Waals surface area contributed by atoms with Crippen LogP contribution in [0.25, 0.3) is 4.96 Å². The number of amides is 1. The van der Waals surface area contributed by atoms with Gasteiger partial charge in [-0.15, -0.1) is 11.3 Å². The lowest BCUT2D eigenvalue weighted by atomic mass is 10.0. The Morgan fingerprint density at radius 2 is 2.10 bits per heavy atom. The number of aromatic nitrogens is 2. The number of thiazole rings is 1. The Hall–Kier alpha value is -3.26. The predicted octanol–water partition coefficient (Wildman–Crippen LogP) is 3.07. The highest BCUT2D eigenvalue weighted by Crippen LogP contribution is 2.32. The highest BCUT2D eigenvalue weighted by molar-refractivity contribution is 7.17. The lowest BCUT2D eigenvalue weighted by Crippen LogP contribution is -2.28. The molecule has 0 radical (unpaired) electrons. The Balaban J connectivity index is 2.03. The van der Waals surface area contributed by atoms with E-state index >= 15 is 0 Å². The summed E-state index contributed by atoms with van der Waals surface area (Å²) in [5.74, 6) is -2.04. The Morgan fingerprint density at radius 3 is 2.76 bits per heavy atom. The quantitative estimate of drug-likeness (QED) is 0.515. The first kappa shape index (κ1) is 20.5. The number of fused-ring (bicyclic) bond motifs is 1. The predicted molar refractivity (Wildman–Crippen MR) is 96.2 cm³/mol. The van der Waals surface area contributed by atoms with E-state index in [0.717, 1.165) is 27.9 Å². The molecule has 0 saturated heterocycles. The fraction of sp³-hybridized carbons (Fsp3) is 0.222. The summed E-state index contributed by atoms with van der Waals surface area (Å²) in [7, 11) is 0. The Morgan fingerprint density at radius 1 is 1.38 bits per heavy atom. The van der Waals surface area contributed by atoms with Crippen molar-refractivity contribution in [1.29, 1.82) is 5.26 Å². The molecule has 3 aromatic rings. The lowest BCUT2D eigenvalue weighted by Gasteiger charge is -2.11. The van der Waals surface area contributed by atoms with Crippen LogP contribution in [-0.4, -0.2) is 21.8 Å². The molecular weight excluding hydrogens is 412 g/mol. The van der Waals surface area contributed by atoms with Gasteiger partial charge in [-0.25, -0.2) is 13.8 Å². The fourth-order valence-corrected chi connectivity index (χ4v) is 3.80. The van der Waals surface area contributed by atoms with Crippen molar-refractivity contribution < 1.29 is 22.4 Å². The zero-order valence-corrected chi connectivity index (χ0v) is 15.6. The smallest absolute Gasteiger partial charge is 0.338 e. The van der Waals surface area contributed by atoms with Crippen LogP contribution in [0.15, 0.2) is 29.1 Å². The first-order valence-corrected chi connectivity index (χ1v) is 8.97.